The first kappa shape index (κ1) is 19.5. The summed E-state index contributed by atoms with van der Waals surface area (Å²) in [5.74, 6) is 0.243. The average Bonchev–Trinajstić information content (AvgIpc) is 2.67. The van der Waals surface area contributed by atoms with Crippen molar-refractivity contribution in [2.24, 2.45) is 0 Å². The van der Waals surface area contributed by atoms with Crippen LogP contribution in [0.5, 0.6) is 0 Å². The number of thioether (sulfide) groups is 1. The molecule has 0 unspecified atom stereocenters. The van der Waals surface area contributed by atoms with Gasteiger partial charge in [-0.2, -0.15) is 5.26 Å². The third-order valence-electron chi connectivity index (χ3n) is 3.59. The highest BCUT2D eigenvalue weighted by atomic mass is 32.2. The summed E-state index contributed by atoms with van der Waals surface area (Å²) in [6.07, 6.45) is 5.14. The molecule has 2 aromatic rings. The van der Waals surface area contributed by atoms with Crippen LogP contribution >= 0.6 is 11.8 Å². The van der Waals surface area contributed by atoms with Gasteiger partial charge in [0.25, 0.3) is 0 Å². The maximum Gasteiger partial charge on any atom is 0.247 e. The smallest absolute Gasteiger partial charge is 0.247 e. The molecule has 2 N–H and O–H groups in total. The van der Waals surface area contributed by atoms with E-state index in [1.54, 1.807) is 18.2 Å². The molecule has 134 valence electrons. The Morgan fingerprint density at radius 2 is 2.23 bits per heavy atom. The van der Waals surface area contributed by atoms with E-state index in [1.165, 1.54) is 17.8 Å². The highest BCUT2D eigenvalue weighted by Crippen LogP contribution is 2.29. The highest BCUT2D eigenvalue weighted by molar-refractivity contribution is 7.98. The molecule has 26 heavy (non-hydrogen) atoms. The molecule has 1 amide bonds. The third-order valence-corrected chi connectivity index (χ3v) is 4.14. The topological polar surface area (TPSA) is 90.7 Å². The van der Waals surface area contributed by atoms with E-state index in [4.69, 9.17) is 0 Å². The van der Waals surface area contributed by atoms with Crippen LogP contribution in [-0.2, 0) is 4.79 Å². The van der Waals surface area contributed by atoms with E-state index in [2.05, 4.69) is 40.2 Å². The van der Waals surface area contributed by atoms with Crippen molar-refractivity contribution in [2.45, 2.75) is 24.9 Å². The van der Waals surface area contributed by atoms with E-state index in [-0.39, 0.29) is 5.91 Å². The van der Waals surface area contributed by atoms with Crippen LogP contribution in [0.4, 0.5) is 11.5 Å². The molecule has 0 atom stereocenters. The second kappa shape index (κ2) is 9.59. The summed E-state index contributed by atoms with van der Waals surface area (Å²) in [5.41, 5.74) is 2.28. The van der Waals surface area contributed by atoms with Gasteiger partial charge in [-0.05, 0) is 30.9 Å². The average molecular weight is 367 g/mol. The molecule has 0 radical (unpaired) electrons. The minimum atomic E-state index is -0.294. The van der Waals surface area contributed by atoms with Crippen LogP contribution in [0.3, 0.4) is 0 Å². The molecule has 0 fully saturated rings. The molecule has 2 rings (SSSR count). The van der Waals surface area contributed by atoms with Gasteiger partial charge in [0.1, 0.15) is 17.5 Å². The summed E-state index contributed by atoms with van der Waals surface area (Å²) in [6.45, 7) is 6.29. The monoisotopic (exact) mass is 367 g/mol. The van der Waals surface area contributed by atoms with Crippen molar-refractivity contribution in [2.75, 3.05) is 23.4 Å². The number of amides is 1. The van der Waals surface area contributed by atoms with Crippen LogP contribution in [0.15, 0.2) is 42.1 Å². The molecule has 0 aliphatic heterocycles. The number of unbranched alkanes of at least 4 members (excludes halogenated alkanes) is 1. The molecule has 0 spiro atoms. The number of hydrogen-bond acceptors (Lipinski definition) is 6. The number of nitriles is 1. The van der Waals surface area contributed by atoms with Crippen molar-refractivity contribution in [3.05, 3.63) is 42.5 Å². The van der Waals surface area contributed by atoms with Gasteiger partial charge in [-0.3, -0.25) is 4.79 Å². The van der Waals surface area contributed by atoms with Gasteiger partial charge in [-0.1, -0.05) is 43.8 Å². The molecule has 0 saturated carbocycles. The number of rotatable bonds is 8. The summed E-state index contributed by atoms with van der Waals surface area (Å²) >= 11 is 1.41. The van der Waals surface area contributed by atoms with Gasteiger partial charge in [-0.15, -0.1) is 0 Å². The van der Waals surface area contributed by atoms with Crippen LogP contribution in [0.1, 0.15) is 25.3 Å². The van der Waals surface area contributed by atoms with Gasteiger partial charge in [0.15, 0.2) is 5.16 Å². The number of carbonyl (C=O) groups is 1. The molecule has 1 heterocycles. The van der Waals surface area contributed by atoms with Gasteiger partial charge < -0.3 is 10.6 Å². The summed E-state index contributed by atoms with van der Waals surface area (Å²) in [4.78, 5) is 20.5. The number of carbonyl (C=O) groups excluding carboxylic acids is 1. The molecule has 1 aromatic carbocycles. The van der Waals surface area contributed by atoms with Crippen LogP contribution in [0, 0.1) is 11.3 Å². The zero-order chi connectivity index (χ0) is 18.9. The zero-order valence-corrected chi connectivity index (χ0v) is 15.7. The highest BCUT2D eigenvalue weighted by Gasteiger charge is 2.16. The second-order valence-electron chi connectivity index (χ2n) is 5.45. The predicted octanol–water partition coefficient (Wildman–Crippen LogP) is 4.07. The molecule has 0 bridgehead atoms. The van der Waals surface area contributed by atoms with Crippen molar-refractivity contribution in [1.82, 2.24) is 9.97 Å². The summed E-state index contributed by atoms with van der Waals surface area (Å²) in [6, 6.07) is 9.43. The fourth-order valence-corrected chi connectivity index (χ4v) is 2.66. The maximum absolute atomic E-state index is 11.5. The first-order valence-electron chi connectivity index (χ1n) is 8.26. The van der Waals surface area contributed by atoms with Crippen LogP contribution in [0.2, 0.25) is 0 Å². The molecule has 6 nitrogen and oxygen atoms in total. The lowest BCUT2D eigenvalue weighted by atomic mass is 10.1. The number of anilines is 2. The van der Waals surface area contributed by atoms with Crippen molar-refractivity contribution in [1.29, 1.82) is 5.26 Å². The summed E-state index contributed by atoms with van der Waals surface area (Å²) < 4.78 is 0. The SMILES string of the molecule is C=CC(=O)Nc1cccc(-c2nc(SC)nc(NCCCC)c2C#N)c1. The largest absolute Gasteiger partial charge is 0.369 e. The zero-order valence-electron chi connectivity index (χ0n) is 14.9. The number of nitrogens with one attached hydrogen (secondary N) is 2. The van der Waals surface area contributed by atoms with Gasteiger partial charge in [0.2, 0.25) is 5.91 Å². The quantitative estimate of drug-likeness (QED) is 0.316. The Bertz CT molecular complexity index is 844. The van der Waals surface area contributed by atoms with E-state index in [1.807, 2.05) is 12.3 Å². The number of benzene rings is 1. The fraction of sp³-hybridized carbons (Fsp3) is 0.263. The second-order valence-corrected chi connectivity index (χ2v) is 6.22. The summed E-state index contributed by atoms with van der Waals surface area (Å²) in [5, 5.41) is 16.2. The van der Waals surface area contributed by atoms with Crippen molar-refractivity contribution in [3.63, 3.8) is 0 Å². The van der Waals surface area contributed by atoms with Gasteiger partial charge in [0, 0.05) is 17.8 Å². The number of nitrogens with zero attached hydrogens (tertiary/aromatic N) is 3. The molecule has 0 aliphatic rings. The molecular formula is C19H21N5OS. The van der Waals surface area contributed by atoms with Crippen LogP contribution in [0.25, 0.3) is 11.3 Å². The number of hydrogen-bond donors (Lipinski definition) is 2. The van der Waals surface area contributed by atoms with E-state index >= 15 is 0 Å². The minimum absolute atomic E-state index is 0.294. The standard InChI is InChI=1S/C19H21N5OS/c1-4-6-10-21-18-15(12-20)17(23-19(24-18)26-3)13-8-7-9-14(11-13)22-16(25)5-2/h5,7-9,11H,2,4,6,10H2,1,3H3,(H,22,25)(H,21,23,24). The Labute approximate surface area is 157 Å². The Kier molecular flexibility index (Phi) is 7.18. The lowest BCUT2D eigenvalue weighted by molar-refractivity contribution is -0.111. The Balaban J connectivity index is 2.49. The van der Waals surface area contributed by atoms with E-state index in [0.717, 1.165) is 24.9 Å². The first-order valence-corrected chi connectivity index (χ1v) is 9.49. The summed E-state index contributed by atoms with van der Waals surface area (Å²) in [7, 11) is 0. The van der Waals surface area contributed by atoms with Crippen molar-refractivity contribution in [3.8, 4) is 17.3 Å². The van der Waals surface area contributed by atoms with Gasteiger partial charge >= 0.3 is 0 Å². The van der Waals surface area contributed by atoms with Crippen LogP contribution < -0.4 is 10.6 Å². The van der Waals surface area contributed by atoms with Crippen LogP contribution in [-0.4, -0.2) is 28.7 Å². The van der Waals surface area contributed by atoms with E-state index in [9.17, 15) is 10.1 Å². The molecule has 0 aliphatic carbocycles. The number of aromatic nitrogens is 2. The molecule has 1 aromatic heterocycles. The lowest BCUT2D eigenvalue weighted by Crippen LogP contribution is -2.09. The fourth-order valence-electron chi connectivity index (χ4n) is 2.30. The third kappa shape index (κ3) is 4.83. The molecule has 0 saturated heterocycles. The Morgan fingerprint density at radius 3 is 2.88 bits per heavy atom. The lowest BCUT2D eigenvalue weighted by Gasteiger charge is -2.13. The van der Waals surface area contributed by atoms with Gasteiger partial charge in [0.05, 0.1) is 5.69 Å². The predicted molar refractivity (Wildman–Crippen MR) is 106 cm³/mol. The Hall–Kier alpha value is -2.85. The maximum atomic E-state index is 11.5. The van der Waals surface area contributed by atoms with E-state index in [0.29, 0.717) is 27.9 Å². The first-order chi connectivity index (χ1) is 12.6. The van der Waals surface area contributed by atoms with Crippen molar-refractivity contribution < 1.29 is 4.79 Å². The van der Waals surface area contributed by atoms with Gasteiger partial charge in [-0.25, -0.2) is 9.97 Å². The minimum Gasteiger partial charge on any atom is -0.369 e. The molecular weight excluding hydrogens is 346 g/mol. The normalized spacial score (nSPS) is 10.0. The van der Waals surface area contributed by atoms with E-state index < -0.39 is 0 Å². The Morgan fingerprint density at radius 1 is 1.42 bits per heavy atom. The molecule has 7 heteroatoms. The van der Waals surface area contributed by atoms with Crippen molar-refractivity contribution >= 4 is 29.2 Å².